The molecule has 0 saturated heterocycles. The molecule has 0 fully saturated rings. The number of hydrogen-bond donors (Lipinski definition) is 0. The van der Waals surface area contributed by atoms with Crippen LogP contribution in [0.15, 0.2) is 51.9 Å². The number of fused-ring (bicyclic) bond motifs is 1. The van der Waals surface area contributed by atoms with Crippen molar-refractivity contribution in [3.8, 4) is 28.7 Å². The molecular formula is C19H16N4O3S. The van der Waals surface area contributed by atoms with E-state index < -0.39 is 0 Å². The molecule has 136 valence electrons. The molecule has 4 aromatic rings. The number of methoxy groups -OCH3 is 1. The van der Waals surface area contributed by atoms with E-state index in [1.54, 1.807) is 24.8 Å². The van der Waals surface area contributed by atoms with Crippen LogP contribution in [-0.2, 0) is 17.9 Å². The molecule has 1 aliphatic heterocycles. The first-order chi connectivity index (χ1) is 13.3. The molecule has 4 heterocycles. The average molecular weight is 380 g/mol. The Kier molecular flexibility index (Phi) is 3.99. The van der Waals surface area contributed by atoms with Gasteiger partial charge in [0.1, 0.15) is 11.9 Å². The van der Waals surface area contributed by atoms with Gasteiger partial charge >= 0.3 is 0 Å². The minimum absolute atomic E-state index is 0.0329. The minimum Gasteiger partial charge on any atom is -0.497 e. The number of rotatable bonds is 4. The Balaban J connectivity index is 1.40. The van der Waals surface area contributed by atoms with Gasteiger partial charge in [-0.25, -0.2) is 4.98 Å². The molecule has 0 saturated carbocycles. The highest BCUT2D eigenvalue weighted by atomic mass is 32.1. The summed E-state index contributed by atoms with van der Waals surface area (Å²) < 4.78 is 18.8. The van der Waals surface area contributed by atoms with E-state index in [4.69, 9.17) is 14.0 Å². The first kappa shape index (κ1) is 16.2. The summed E-state index contributed by atoms with van der Waals surface area (Å²) in [5.74, 6) is 1.82. The van der Waals surface area contributed by atoms with Crippen molar-refractivity contribution in [2.24, 2.45) is 0 Å². The van der Waals surface area contributed by atoms with E-state index in [0.717, 1.165) is 22.6 Å². The van der Waals surface area contributed by atoms with Gasteiger partial charge in [-0.05, 0) is 29.1 Å². The van der Waals surface area contributed by atoms with Crippen LogP contribution in [0, 0.1) is 0 Å². The first-order valence-corrected chi connectivity index (χ1v) is 9.42. The lowest BCUT2D eigenvalue weighted by molar-refractivity contribution is 0.00328. The standard InChI is InChI=1S/C19H16N4O3S/c1-24-14-4-2-12(3-5-14)16-8-23-11-20-17(15(23)9-25-16)19-21-18(22-26-19)13-6-7-27-10-13/h2-7,10-11,16H,8-9H2,1H3. The van der Waals surface area contributed by atoms with Crippen LogP contribution in [0.4, 0.5) is 0 Å². The van der Waals surface area contributed by atoms with Crippen molar-refractivity contribution >= 4 is 11.3 Å². The van der Waals surface area contributed by atoms with Gasteiger partial charge in [0.05, 0.1) is 32.3 Å². The van der Waals surface area contributed by atoms with Crippen LogP contribution in [0.2, 0.25) is 0 Å². The van der Waals surface area contributed by atoms with E-state index in [1.807, 2.05) is 41.1 Å². The molecule has 8 heteroatoms. The molecule has 0 spiro atoms. The monoisotopic (exact) mass is 380 g/mol. The number of imidazole rings is 1. The van der Waals surface area contributed by atoms with Crippen molar-refractivity contribution < 1.29 is 14.0 Å². The van der Waals surface area contributed by atoms with Gasteiger partial charge in [0, 0.05) is 10.9 Å². The molecule has 0 bridgehead atoms. The van der Waals surface area contributed by atoms with E-state index in [-0.39, 0.29) is 6.10 Å². The Bertz CT molecular complexity index is 1050. The fourth-order valence-corrected chi connectivity index (χ4v) is 3.79. The van der Waals surface area contributed by atoms with Crippen molar-refractivity contribution in [1.82, 2.24) is 19.7 Å². The van der Waals surface area contributed by atoms with Gasteiger partial charge in [-0.2, -0.15) is 16.3 Å². The van der Waals surface area contributed by atoms with Gasteiger partial charge in [-0.1, -0.05) is 17.3 Å². The maximum absolute atomic E-state index is 6.07. The number of thiophene rings is 1. The molecule has 27 heavy (non-hydrogen) atoms. The maximum Gasteiger partial charge on any atom is 0.278 e. The predicted molar refractivity (Wildman–Crippen MR) is 99.4 cm³/mol. The number of benzene rings is 1. The van der Waals surface area contributed by atoms with Gasteiger partial charge in [0.15, 0.2) is 5.69 Å². The molecule has 5 rings (SSSR count). The van der Waals surface area contributed by atoms with Crippen molar-refractivity contribution in [3.63, 3.8) is 0 Å². The lowest BCUT2D eigenvalue weighted by atomic mass is 10.1. The third kappa shape index (κ3) is 2.92. The summed E-state index contributed by atoms with van der Waals surface area (Å²) in [5.41, 5.74) is 3.67. The van der Waals surface area contributed by atoms with E-state index in [0.29, 0.717) is 30.6 Å². The molecule has 0 N–H and O–H groups in total. The summed E-state index contributed by atoms with van der Waals surface area (Å²) >= 11 is 1.60. The van der Waals surface area contributed by atoms with Gasteiger partial charge in [-0.15, -0.1) is 0 Å². The van der Waals surface area contributed by atoms with Gasteiger partial charge in [-0.3, -0.25) is 0 Å². The highest BCUT2D eigenvalue weighted by molar-refractivity contribution is 7.08. The Labute approximate surface area is 159 Å². The van der Waals surface area contributed by atoms with E-state index in [9.17, 15) is 0 Å². The molecule has 1 aromatic carbocycles. The van der Waals surface area contributed by atoms with Crippen LogP contribution in [0.25, 0.3) is 23.0 Å². The predicted octanol–water partition coefficient (Wildman–Crippen LogP) is 3.94. The molecule has 0 amide bonds. The molecular weight excluding hydrogens is 364 g/mol. The molecule has 1 atom stereocenters. The Morgan fingerprint density at radius 1 is 1.22 bits per heavy atom. The normalized spacial score (nSPS) is 16.3. The van der Waals surface area contributed by atoms with Crippen LogP contribution in [-0.4, -0.2) is 26.8 Å². The molecule has 7 nitrogen and oxygen atoms in total. The summed E-state index contributed by atoms with van der Waals surface area (Å²) in [6, 6.07) is 9.90. The van der Waals surface area contributed by atoms with Gasteiger partial charge in [0.25, 0.3) is 5.89 Å². The topological polar surface area (TPSA) is 75.2 Å². The first-order valence-electron chi connectivity index (χ1n) is 8.48. The molecule has 1 unspecified atom stereocenters. The summed E-state index contributed by atoms with van der Waals surface area (Å²) in [5, 5.41) is 8.03. The lowest BCUT2D eigenvalue weighted by Gasteiger charge is -2.25. The molecule has 0 radical (unpaired) electrons. The van der Waals surface area contributed by atoms with Crippen molar-refractivity contribution in [3.05, 3.63) is 58.7 Å². The van der Waals surface area contributed by atoms with E-state index >= 15 is 0 Å². The molecule has 1 aliphatic rings. The smallest absolute Gasteiger partial charge is 0.278 e. The summed E-state index contributed by atoms with van der Waals surface area (Å²) in [7, 11) is 1.66. The number of aromatic nitrogens is 4. The quantitative estimate of drug-likeness (QED) is 0.534. The maximum atomic E-state index is 6.07. The fraction of sp³-hybridized carbons (Fsp3) is 0.211. The van der Waals surface area contributed by atoms with Crippen LogP contribution in [0.5, 0.6) is 5.75 Å². The van der Waals surface area contributed by atoms with Crippen LogP contribution in [0.3, 0.4) is 0 Å². The minimum atomic E-state index is -0.0329. The summed E-state index contributed by atoms with van der Waals surface area (Å²) in [6.07, 6.45) is 1.77. The zero-order valence-corrected chi connectivity index (χ0v) is 15.3. The largest absolute Gasteiger partial charge is 0.497 e. The second kappa shape index (κ2) is 6.64. The van der Waals surface area contributed by atoms with Crippen LogP contribution >= 0.6 is 11.3 Å². The number of hydrogen-bond acceptors (Lipinski definition) is 7. The van der Waals surface area contributed by atoms with Gasteiger partial charge in [0.2, 0.25) is 5.82 Å². The third-order valence-electron chi connectivity index (χ3n) is 4.63. The summed E-state index contributed by atoms with van der Waals surface area (Å²) in [4.78, 5) is 8.97. The summed E-state index contributed by atoms with van der Waals surface area (Å²) in [6.45, 7) is 1.11. The highest BCUT2D eigenvalue weighted by Gasteiger charge is 2.26. The van der Waals surface area contributed by atoms with Crippen molar-refractivity contribution in [1.29, 1.82) is 0 Å². The zero-order chi connectivity index (χ0) is 18.2. The second-order valence-electron chi connectivity index (χ2n) is 6.20. The Hall–Kier alpha value is -2.97. The fourth-order valence-electron chi connectivity index (χ4n) is 3.15. The van der Waals surface area contributed by atoms with E-state index in [2.05, 4.69) is 19.7 Å². The van der Waals surface area contributed by atoms with Gasteiger partial charge < -0.3 is 18.6 Å². The Morgan fingerprint density at radius 3 is 2.89 bits per heavy atom. The second-order valence-corrected chi connectivity index (χ2v) is 6.98. The van der Waals surface area contributed by atoms with Crippen LogP contribution < -0.4 is 4.74 Å². The van der Waals surface area contributed by atoms with Crippen molar-refractivity contribution in [2.45, 2.75) is 19.3 Å². The zero-order valence-electron chi connectivity index (χ0n) is 14.5. The van der Waals surface area contributed by atoms with Crippen molar-refractivity contribution in [2.75, 3.05) is 7.11 Å². The highest BCUT2D eigenvalue weighted by Crippen LogP contribution is 2.32. The average Bonchev–Trinajstić information content (AvgIpc) is 3.46. The lowest BCUT2D eigenvalue weighted by Crippen LogP contribution is -2.20. The van der Waals surface area contributed by atoms with E-state index in [1.165, 1.54) is 0 Å². The number of ether oxygens (including phenoxy) is 2. The molecule has 3 aromatic heterocycles. The molecule has 0 aliphatic carbocycles. The van der Waals surface area contributed by atoms with Crippen LogP contribution in [0.1, 0.15) is 17.4 Å². The number of nitrogens with zero attached hydrogens (tertiary/aromatic N) is 4. The SMILES string of the molecule is COc1ccc(C2Cn3cnc(-c4nc(-c5ccsc5)no4)c3CO2)cc1. The Morgan fingerprint density at radius 2 is 2.11 bits per heavy atom. The third-order valence-corrected chi connectivity index (χ3v) is 5.31.